The van der Waals surface area contributed by atoms with Gasteiger partial charge in [-0.15, -0.1) is 0 Å². The van der Waals surface area contributed by atoms with Gasteiger partial charge < -0.3 is 4.74 Å². The Morgan fingerprint density at radius 3 is 2.19 bits per heavy atom. The van der Waals surface area contributed by atoms with Crippen molar-refractivity contribution in [2.75, 3.05) is 6.61 Å². The Labute approximate surface area is 197 Å². The molecule has 0 radical (unpaired) electrons. The normalized spacial score (nSPS) is 16.2. The van der Waals surface area contributed by atoms with Gasteiger partial charge in [-0.05, 0) is 38.3 Å². The van der Waals surface area contributed by atoms with Crippen molar-refractivity contribution < 1.29 is 4.74 Å². The van der Waals surface area contributed by atoms with Crippen LogP contribution in [0.15, 0.2) is 55.1 Å². The molecule has 0 spiro atoms. The standard InChI is InChI=1S/C30H42OSi/c1-10-19-31-28-25(30(7,8)9)20-23(29(4,5)6)21-27(28)32(11-2,12-3)26-18-17-22-15-13-14-16-24(22)26/h10,13-18,20-21,26H,1,11-12,19H2,2-9H3. The number of allylic oxidation sites excluding steroid dienone is 1. The van der Waals surface area contributed by atoms with Gasteiger partial charge in [0.1, 0.15) is 20.4 Å². The largest absolute Gasteiger partial charge is 0.489 e. The highest BCUT2D eigenvalue weighted by molar-refractivity contribution is 6.94. The van der Waals surface area contributed by atoms with Crippen LogP contribution in [0, 0.1) is 0 Å². The van der Waals surface area contributed by atoms with E-state index in [1.165, 1.54) is 39.5 Å². The molecule has 0 aliphatic heterocycles. The molecular formula is C30H42OSi. The van der Waals surface area contributed by atoms with Crippen LogP contribution in [0.1, 0.15) is 83.2 Å². The molecule has 0 amide bonds. The fourth-order valence-corrected chi connectivity index (χ4v) is 10.2. The molecule has 3 rings (SSSR count). The summed E-state index contributed by atoms with van der Waals surface area (Å²) in [6.07, 6.45) is 6.71. The van der Waals surface area contributed by atoms with E-state index in [1.54, 1.807) is 0 Å². The molecule has 1 nitrogen and oxygen atoms in total. The van der Waals surface area contributed by atoms with E-state index in [1.807, 2.05) is 6.08 Å². The van der Waals surface area contributed by atoms with Gasteiger partial charge in [0.15, 0.2) is 0 Å². The Kier molecular flexibility index (Phi) is 6.96. The summed E-state index contributed by atoms with van der Waals surface area (Å²) >= 11 is 0. The van der Waals surface area contributed by atoms with Crippen molar-refractivity contribution >= 4 is 19.3 Å². The predicted molar refractivity (Wildman–Crippen MR) is 144 cm³/mol. The van der Waals surface area contributed by atoms with E-state index in [9.17, 15) is 0 Å². The smallest absolute Gasteiger partial charge is 0.122 e. The van der Waals surface area contributed by atoms with Gasteiger partial charge >= 0.3 is 0 Å². The zero-order chi connectivity index (χ0) is 23.7. The van der Waals surface area contributed by atoms with Gasteiger partial charge in [-0.1, -0.05) is 129 Å². The third-order valence-corrected chi connectivity index (χ3v) is 13.0. The van der Waals surface area contributed by atoms with Gasteiger partial charge in [-0.2, -0.15) is 0 Å². The quantitative estimate of drug-likeness (QED) is 0.310. The maximum absolute atomic E-state index is 6.56. The fraction of sp³-hybridized carbons (Fsp3) is 0.467. The Balaban J connectivity index is 2.38. The van der Waals surface area contributed by atoms with Gasteiger partial charge in [0.2, 0.25) is 0 Å². The highest BCUT2D eigenvalue weighted by Gasteiger charge is 2.45. The van der Waals surface area contributed by atoms with Gasteiger partial charge in [0.25, 0.3) is 0 Å². The van der Waals surface area contributed by atoms with E-state index >= 15 is 0 Å². The summed E-state index contributed by atoms with van der Waals surface area (Å²) in [5.41, 5.74) is 6.17. The maximum Gasteiger partial charge on any atom is 0.122 e. The zero-order valence-electron chi connectivity index (χ0n) is 21.5. The van der Waals surface area contributed by atoms with E-state index < -0.39 is 8.07 Å². The molecule has 0 aromatic heterocycles. The molecule has 1 unspecified atom stereocenters. The number of hydrogen-bond acceptors (Lipinski definition) is 1. The first-order valence-electron chi connectivity index (χ1n) is 12.2. The second-order valence-electron chi connectivity index (χ2n) is 11.3. The molecule has 1 atom stereocenters. The summed E-state index contributed by atoms with van der Waals surface area (Å²) in [7, 11) is -2.00. The Morgan fingerprint density at radius 1 is 0.969 bits per heavy atom. The zero-order valence-corrected chi connectivity index (χ0v) is 22.5. The number of benzene rings is 2. The molecule has 32 heavy (non-hydrogen) atoms. The minimum atomic E-state index is -2.00. The minimum Gasteiger partial charge on any atom is -0.489 e. The average Bonchev–Trinajstić information content (AvgIpc) is 3.17. The maximum atomic E-state index is 6.56. The Bertz CT molecular complexity index is 996. The third kappa shape index (κ3) is 4.39. The lowest BCUT2D eigenvalue weighted by Crippen LogP contribution is -2.53. The first-order chi connectivity index (χ1) is 15.0. The van der Waals surface area contributed by atoms with Gasteiger partial charge in [-0.3, -0.25) is 0 Å². The molecule has 0 saturated heterocycles. The van der Waals surface area contributed by atoms with Crippen LogP contribution in [-0.2, 0) is 10.8 Å². The number of hydrogen-bond donors (Lipinski definition) is 0. The third-order valence-electron chi connectivity index (χ3n) is 7.30. The van der Waals surface area contributed by atoms with E-state index in [-0.39, 0.29) is 10.8 Å². The first-order valence-corrected chi connectivity index (χ1v) is 14.7. The Morgan fingerprint density at radius 2 is 1.62 bits per heavy atom. The van der Waals surface area contributed by atoms with Crippen molar-refractivity contribution in [2.45, 2.75) is 83.8 Å². The van der Waals surface area contributed by atoms with Crippen LogP contribution in [0.25, 0.3) is 6.08 Å². The summed E-state index contributed by atoms with van der Waals surface area (Å²) in [4.78, 5) is 0. The van der Waals surface area contributed by atoms with Crippen molar-refractivity contribution in [3.05, 3.63) is 77.4 Å². The molecule has 0 bridgehead atoms. The van der Waals surface area contributed by atoms with Crippen LogP contribution < -0.4 is 9.92 Å². The van der Waals surface area contributed by atoms with Crippen LogP contribution in [0.4, 0.5) is 0 Å². The molecule has 2 aromatic carbocycles. The predicted octanol–water partition coefficient (Wildman–Crippen LogP) is 7.89. The topological polar surface area (TPSA) is 9.23 Å². The molecule has 0 heterocycles. The summed E-state index contributed by atoms with van der Waals surface area (Å²) in [6, 6.07) is 16.3. The second kappa shape index (κ2) is 9.06. The number of fused-ring (bicyclic) bond motifs is 1. The summed E-state index contributed by atoms with van der Waals surface area (Å²) in [5.74, 6) is 1.12. The lowest BCUT2D eigenvalue weighted by molar-refractivity contribution is 0.353. The molecule has 1 aliphatic rings. The average molecular weight is 447 g/mol. The molecule has 2 heteroatoms. The summed E-state index contributed by atoms with van der Waals surface area (Å²) in [5, 5.41) is 1.49. The van der Waals surface area contributed by atoms with E-state index in [0.717, 1.165) is 5.75 Å². The van der Waals surface area contributed by atoms with Crippen molar-refractivity contribution in [3.63, 3.8) is 0 Å². The van der Waals surface area contributed by atoms with Crippen molar-refractivity contribution in [1.82, 2.24) is 0 Å². The summed E-state index contributed by atoms with van der Waals surface area (Å²) < 4.78 is 6.56. The molecule has 1 aliphatic carbocycles. The van der Waals surface area contributed by atoms with Crippen LogP contribution in [-0.4, -0.2) is 14.7 Å². The lowest BCUT2D eigenvalue weighted by Gasteiger charge is -2.40. The molecule has 0 fully saturated rings. The van der Waals surface area contributed by atoms with E-state index in [2.05, 4.69) is 111 Å². The van der Waals surface area contributed by atoms with Crippen molar-refractivity contribution in [3.8, 4) is 5.75 Å². The molecular weight excluding hydrogens is 404 g/mol. The molecule has 0 N–H and O–H groups in total. The lowest BCUT2D eigenvalue weighted by atomic mass is 9.80. The number of rotatable bonds is 7. The fourth-order valence-electron chi connectivity index (χ4n) is 5.26. The van der Waals surface area contributed by atoms with Crippen LogP contribution in [0.2, 0.25) is 12.1 Å². The monoisotopic (exact) mass is 446 g/mol. The molecule has 0 saturated carbocycles. The van der Waals surface area contributed by atoms with Gasteiger partial charge in [0, 0.05) is 5.54 Å². The second-order valence-corrected chi connectivity index (χ2v) is 16.2. The van der Waals surface area contributed by atoms with Crippen molar-refractivity contribution in [1.29, 1.82) is 0 Å². The molecule has 172 valence electrons. The van der Waals surface area contributed by atoms with E-state index in [4.69, 9.17) is 4.74 Å². The van der Waals surface area contributed by atoms with E-state index in [0.29, 0.717) is 12.1 Å². The van der Waals surface area contributed by atoms with Gasteiger partial charge in [0.05, 0.1) is 0 Å². The van der Waals surface area contributed by atoms with Crippen LogP contribution in [0.3, 0.4) is 0 Å². The number of ether oxygens (including phenoxy) is 1. The van der Waals surface area contributed by atoms with Gasteiger partial charge in [-0.25, -0.2) is 0 Å². The van der Waals surface area contributed by atoms with Crippen LogP contribution >= 0.6 is 0 Å². The highest BCUT2D eigenvalue weighted by Crippen LogP contribution is 2.44. The SMILES string of the molecule is C=CCOc1c(C(C)(C)C)cc(C(C)(C)C)cc1[Si](CC)(CC)C1C=Cc2ccccc21. The minimum absolute atomic E-state index is 0.00242. The highest BCUT2D eigenvalue weighted by atomic mass is 28.3. The Hall–Kier alpha value is -2.06. The van der Waals surface area contributed by atoms with Crippen LogP contribution in [0.5, 0.6) is 5.75 Å². The summed E-state index contributed by atoms with van der Waals surface area (Å²) in [6.45, 7) is 23.2. The first kappa shape index (κ1) is 24.6. The van der Waals surface area contributed by atoms with Crippen molar-refractivity contribution in [2.24, 2.45) is 0 Å². The molecule has 2 aromatic rings.